The van der Waals surface area contributed by atoms with E-state index in [0.717, 1.165) is 16.0 Å². The molecule has 38 heavy (non-hydrogen) atoms. The third-order valence-electron chi connectivity index (χ3n) is 6.19. The van der Waals surface area contributed by atoms with Crippen molar-refractivity contribution in [1.29, 1.82) is 5.26 Å². The summed E-state index contributed by atoms with van der Waals surface area (Å²) >= 11 is 12.2. The Kier molecular flexibility index (Phi) is 8.52. The van der Waals surface area contributed by atoms with Gasteiger partial charge < -0.3 is 9.47 Å². The molecule has 0 N–H and O–H groups in total. The van der Waals surface area contributed by atoms with Gasteiger partial charge in [-0.1, -0.05) is 65.7 Å². The molecule has 6 nitrogen and oxygen atoms in total. The Balaban J connectivity index is 1.59. The van der Waals surface area contributed by atoms with Gasteiger partial charge in [0.25, 0.3) is 11.8 Å². The summed E-state index contributed by atoms with van der Waals surface area (Å²) in [5.74, 6) is -0.0866. The van der Waals surface area contributed by atoms with Crippen molar-refractivity contribution in [3.8, 4) is 17.6 Å². The first-order valence-electron chi connectivity index (χ1n) is 11.8. The number of methoxy groups -OCH3 is 1. The van der Waals surface area contributed by atoms with Gasteiger partial charge in [-0.15, -0.1) is 0 Å². The summed E-state index contributed by atoms with van der Waals surface area (Å²) in [5.41, 5.74) is 2.98. The van der Waals surface area contributed by atoms with E-state index in [1.807, 2.05) is 36.4 Å². The van der Waals surface area contributed by atoms with Crippen molar-refractivity contribution in [2.75, 3.05) is 13.7 Å². The number of rotatable bonds is 8. The number of nitrogens with zero attached hydrogens (tertiary/aromatic N) is 2. The van der Waals surface area contributed by atoms with E-state index in [0.29, 0.717) is 39.1 Å². The van der Waals surface area contributed by atoms with Gasteiger partial charge in [-0.2, -0.15) is 5.26 Å². The van der Waals surface area contributed by atoms with Gasteiger partial charge in [0.2, 0.25) is 0 Å². The fraction of sp³-hybridized carbons (Fsp3) is 0.167. The number of imide groups is 1. The molecule has 0 atom stereocenters. The first kappa shape index (κ1) is 27.0. The van der Waals surface area contributed by atoms with Gasteiger partial charge in [-0.05, 0) is 60.4 Å². The SMILES string of the molecule is COc1cc(/C=C2/C(=O)N(CCc3ccccc3)C(=O)C(C#N)=C2C)ccc1OCc1ccc(Cl)cc1Cl. The number of carbonyl (C=O) groups is 2. The molecule has 3 aromatic carbocycles. The number of ether oxygens (including phenoxy) is 2. The Hall–Kier alpha value is -4.05. The summed E-state index contributed by atoms with van der Waals surface area (Å²) in [5, 5.41) is 10.7. The zero-order chi connectivity index (χ0) is 27.2. The van der Waals surface area contributed by atoms with Crippen molar-refractivity contribution in [3.63, 3.8) is 0 Å². The highest BCUT2D eigenvalue weighted by molar-refractivity contribution is 6.35. The number of carbonyl (C=O) groups excluding carboxylic acids is 2. The predicted octanol–water partition coefficient (Wildman–Crippen LogP) is 6.42. The van der Waals surface area contributed by atoms with Gasteiger partial charge in [0.15, 0.2) is 11.5 Å². The Morgan fingerprint density at radius 2 is 1.74 bits per heavy atom. The Bertz CT molecular complexity index is 1490. The molecule has 1 heterocycles. The largest absolute Gasteiger partial charge is 0.493 e. The average molecular weight is 547 g/mol. The standard InChI is InChI=1S/C30H24Cl2N2O4/c1-19-24(29(35)34(30(36)25(19)17-33)13-12-20-6-4-3-5-7-20)14-21-8-11-27(28(15-21)37-2)38-18-22-9-10-23(31)16-26(22)32/h3-11,14-16H,12-13,18H2,1-2H3/b24-14+. The maximum atomic E-state index is 13.4. The molecule has 0 saturated heterocycles. The molecule has 0 saturated carbocycles. The number of amides is 2. The summed E-state index contributed by atoms with van der Waals surface area (Å²) in [6.45, 7) is 1.98. The molecule has 0 fully saturated rings. The van der Waals surface area contributed by atoms with Crippen LogP contribution in [0.1, 0.15) is 23.6 Å². The second-order valence-electron chi connectivity index (χ2n) is 8.60. The first-order chi connectivity index (χ1) is 18.3. The van der Waals surface area contributed by atoms with Crippen LogP contribution in [0.3, 0.4) is 0 Å². The van der Waals surface area contributed by atoms with E-state index in [-0.39, 0.29) is 24.3 Å². The summed E-state index contributed by atoms with van der Waals surface area (Å²) in [4.78, 5) is 27.4. The van der Waals surface area contributed by atoms with Crippen LogP contribution in [0.25, 0.3) is 6.08 Å². The molecular formula is C30H24Cl2N2O4. The molecule has 8 heteroatoms. The molecule has 1 aliphatic rings. The van der Waals surface area contributed by atoms with Crippen molar-refractivity contribution in [1.82, 2.24) is 4.90 Å². The molecule has 0 bridgehead atoms. The van der Waals surface area contributed by atoms with E-state index in [1.165, 1.54) is 7.11 Å². The predicted molar refractivity (Wildman–Crippen MR) is 147 cm³/mol. The van der Waals surface area contributed by atoms with Crippen molar-refractivity contribution in [2.45, 2.75) is 20.0 Å². The maximum absolute atomic E-state index is 13.4. The molecule has 4 rings (SSSR count). The van der Waals surface area contributed by atoms with Crippen molar-refractivity contribution in [3.05, 3.63) is 110 Å². The molecule has 0 unspecified atom stereocenters. The highest BCUT2D eigenvalue weighted by Crippen LogP contribution is 2.33. The Morgan fingerprint density at radius 1 is 0.974 bits per heavy atom. The number of hydrogen-bond acceptors (Lipinski definition) is 5. The average Bonchev–Trinajstić information content (AvgIpc) is 2.91. The van der Waals surface area contributed by atoms with Crippen LogP contribution in [0.5, 0.6) is 11.5 Å². The normalized spacial score (nSPS) is 14.6. The number of halogens is 2. The van der Waals surface area contributed by atoms with E-state index < -0.39 is 11.8 Å². The van der Waals surface area contributed by atoms with Crippen molar-refractivity contribution >= 4 is 41.1 Å². The van der Waals surface area contributed by atoms with E-state index in [2.05, 4.69) is 0 Å². The molecule has 0 aliphatic carbocycles. The monoisotopic (exact) mass is 546 g/mol. The molecule has 0 radical (unpaired) electrons. The minimum Gasteiger partial charge on any atom is -0.493 e. The maximum Gasteiger partial charge on any atom is 0.271 e. The van der Waals surface area contributed by atoms with Crippen LogP contribution in [0.4, 0.5) is 0 Å². The molecule has 3 aromatic rings. The molecule has 0 spiro atoms. The van der Waals surface area contributed by atoms with Crippen LogP contribution >= 0.6 is 23.2 Å². The van der Waals surface area contributed by atoms with E-state index >= 15 is 0 Å². The quantitative estimate of drug-likeness (QED) is 0.240. The third kappa shape index (κ3) is 5.91. The molecular weight excluding hydrogens is 523 g/mol. The van der Waals surface area contributed by atoms with Crippen LogP contribution in [0.2, 0.25) is 10.0 Å². The lowest BCUT2D eigenvalue weighted by molar-refractivity contribution is -0.140. The van der Waals surface area contributed by atoms with Crippen molar-refractivity contribution < 1.29 is 19.1 Å². The highest BCUT2D eigenvalue weighted by Gasteiger charge is 2.35. The van der Waals surface area contributed by atoms with Gasteiger partial charge in [-0.3, -0.25) is 14.5 Å². The summed E-state index contributed by atoms with van der Waals surface area (Å²) in [6, 6.07) is 21.9. The third-order valence-corrected chi connectivity index (χ3v) is 6.78. The molecule has 192 valence electrons. The van der Waals surface area contributed by atoms with Gasteiger partial charge in [0.05, 0.1) is 7.11 Å². The molecule has 2 amide bonds. The summed E-state index contributed by atoms with van der Waals surface area (Å²) < 4.78 is 11.4. The van der Waals surface area contributed by atoms with Crippen LogP contribution in [0.15, 0.2) is 83.4 Å². The second-order valence-corrected chi connectivity index (χ2v) is 9.45. The number of nitriles is 1. The fourth-order valence-corrected chi connectivity index (χ4v) is 4.54. The van der Waals surface area contributed by atoms with E-state index in [9.17, 15) is 14.9 Å². The van der Waals surface area contributed by atoms with Crippen molar-refractivity contribution in [2.24, 2.45) is 0 Å². The van der Waals surface area contributed by atoms with Crippen LogP contribution < -0.4 is 9.47 Å². The van der Waals surface area contributed by atoms with Gasteiger partial charge >= 0.3 is 0 Å². The van der Waals surface area contributed by atoms with E-state index in [1.54, 1.807) is 49.4 Å². The second kappa shape index (κ2) is 12.0. The number of benzene rings is 3. The van der Waals surface area contributed by atoms with Crippen LogP contribution in [-0.4, -0.2) is 30.4 Å². The lowest BCUT2D eigenvalue weighted by atomic mass is 9.93. The zero-order valence-corrected chi connectivity index (χ0v) is 22.3. The lowest BCUT2D eigenvalue weighted by Crippen LogP contribution is -2.43. The highest BCUT2D eigenvalue weighted by atomic mass is 35.5. The first-order valence-corrected chi connectivity index (χ1v) is 12.6. The Labute approximate surface area is 231 Å². The van der Waals surface area contributed by atoms with Gasteiger partial charge in [-0.25, -0.2) is 0 Å². The van der Waals surface area contributed by atoms with Gasteiger partial charge in [0.1, 0.15) is 18.2 Å². The Morgan fingerprint density at radius 3 is 2.42 bits per heavy atom. The zero-order valence-electron chi connectivity index (χ0n) is 20.8. The summed E-state index contributed by atoms with van der Waals surface area (Å²) in [6.07, 6.45) is 2.14. The van der Waals surface area contributed by atoms with Crippen LogP contribution in [-0.2, 0) is 22.6 Å². The lowest BCUT2D eigenvalue weighted by Gasteiger charge is -2.27. The van der Waals surface area contributed by atoms with Gasteiger partial charge in [0, 0.05) is 27.7 Å². The minimum absolute atomic E-state index is 0.0457. The number of hydrogen-bond donors (Lipinski definition) is 0. The molecule has 0 aromatic heterocycles. The minimum atomic E-state index is -0.578. The molecule has 1 aliphatic heterocycles. The van der Waals surface area contributed by atoms with E-state index in [4.69, 9.17) is 32.7 Å². The topological polar surface area (TPSA) is 79.6 Å². The smallest absolute Gasteiger partial charge is 0.271 e. The van der Waals surface area contributed by atoms with Crippen LogP contribution in [0, 0.1) is 11.3 Å². The summed E-state index contributed by atoms with van der Waals surface area (Å²) in [7, 11) is 1.52. The fourth-order valence-electron chi connectivity index (χ4n) is 4.07.